The number of allylic oxidation sites excluding steroid dienone is 2. The fourth-order valence-corrected chi connectivity index (χ4v) is 2.94. The fraction of sp³-hybridized carbons (Fsp3) is 0.438. The third-order valence-corrected chi connectivity index (χ3v) is 4.14. The van der Waals surface area contributed by atoms with Crippen molar-refractivity contribution in [3.63, 3.8) is 0 Å². The second-order valence-electron chi connectivity index (χ2n) is 5.13. The monoisotopic (exact) mass is 337 g/mol. The van der Waals surface area contributed by atoms with Crippen LogP contribution in [0, 0.1) is 5.92 Å². The van der Waals surface area contributed by atoms with E-state index >= 15 is 0 Å². The lowest BCUT2D eigenvalue weighted by molar-refractivity contribution is -0.135. The zero-order valence-corrected chi connectivity index (χ0v) is 13.5. The summed E-state index contributed by atoms with van der Waals surface area (Å²) in [4.78, 5) is 14.2. The lowest BCUT2D eigenvalue weighted by atomic mass is 9.93. The molecule has 0 fully saturated rings. The van der Waals surface area contributed by atoms with Crippen LogP contribution in [0.3, 0.4) is 0 Å². The van der Waals surface area contributed by atoms with Gasteiger partial charge in [0.05, 0.1) is 7.11 Å². The number of rotatable bonds is 4. The summed E-state index contributed by atoms with van der Waals surface area (Å²) in [6.45, 7) is 0.571. The van der Waals surface area contributed by atoms with Crippen molar-refractivity contribution >= 4 is 21.8 Å². The Balaban J connectivity index is 2.07. The van der Waals surface area contributed by atoms with Crippen molar-refractivity contribution in [1.29, 1.82) is 0 Å². The minimum absolute atomic E-state index is 0.128. The van der Waals surface area contributed by atoms with Gasteiger partial charge in [-0.05, 0) is 37.5 Å². The van der Waals surface area contributed by atoms with Crippen molar-refractivity contribution < 1.29 is 9.53 Å². The summed E-state index contributed by atoms with van der Waals surface area (Å²) in [6, 6.07) is 5.86. The Morgan fingerprint density at radius 2 is 2.25 bits per heavy atom. The third-order valence-electron chi connectivity index (χ3n) is 3.64. The van der Waals surface area contributed by atoms with Gasteiger partial charge in [0.2, 0.25) is 5.91 Å². The summed E-state index contributed by atoms with van der Waals surface area (Å²) in [5, 5.41) is 0. The smallest absolute Gasteiger partial charge is 0.226 e. The van der Waals surface area contributed by atoms with Crippen molar-refractivity contribution in [3.8, 4) is 5.75 Å². The molecule has 1 aromatic rings. The van der Waals surface area contributed by atoms with Gasteiger partial charge in [0.15, 0.2) is 0 Å². The van der Waals surface area contributed by atoms with Gasteiger partial charge in [-0.2, -0.15) is 0 Å². The highest BCUT2D eigenvalue weighted by molar-refractivity contribution is 9.10. The molecule has 108 valence electrons. The van der Waals surface area contributed by atoms with Crippen molar-refractivity contribution in [2.24, 2.45) is 5.92 Å². The topological polar surface area (TPSA) is 29.5 Å². The number of hydrogen-bond donors (Lipinski definition) is 0. The minimum atomic E-state index is 0.128. The molecule has 0 saturated carbocycles. The fourth-order valence-electron chi connectivity index (χ4n) is 2.53. The number of halogens is 1. The molecule has 0 saturated heterocycles. The maximum absolute atomic E-state index is 12.4. The summed E-state index contributed by atoms with van der Waals surface area (Å²) in [6.07, 6.45) is 7.08. The van der Waals surface area contributed by atoms with Crippen LogP contribution in [0.2, 0.25) is 0 Å². The molecule has 0 heterocycles. The van der Waals surface area contributed by atoms with Crippen LogP contribution in [-0.4, -0.2) is 25.0 Å². The molecule has 1 aliphatic carbocycles. The predicted molar refractivity (Wildman–Crippen MR) is 83.6 cm³/mol. The highest BCUT2D eigenvalue weighted by atomic mass is 79.9. The summed E-state index contributed by atoms with van der Waals surface area (Å²) >= 11 is 3.46. The quantitative estimate of drug-likeness (QED) is 0.782. The van der Waals surface area contributed by atoms with Crippen LogP contribution in [-0.2, 0) is 11.3 Å². The van der Waals surface area contributed by atoms with Gasteiger partial charge in [-0.15, -0.1) is 0 Å². The molecule has 1 aliphatic rings. The Morgan fingerprint density at radius 1 is 1.45 bits per heavy atom. The lowest BCUT2D eigenvalue weighted by Crippen LogP contribution is -2.33. The Labute approximate surface area is 128 Å². The number of carbonyl (C=O) groups is 1. The molecule has 0 aromatic heterocycles. The van der Waals surface area contributed by atoms with E-state index in [0.29, 0.717) is 6.54 Å². The van der Waals surface area contributed by atoms with Crippen molar-refractivity contribution in [3.05, 3.63) is 40.4 Å². The number of carbonyl (C=O) groups excluding carboxylic acids is 1. The van der Waals surface area contributed by atoms with E-state index in [0.717, 1.165) is 35.0 Å². The zero-order valence-electron chi connectivity index (χ0n) is 11.9. The second-order valence-corrected chi connectivity index (χ2v) is 6.05. The molecule has 0 N–H and O–H groups in total. The number of methoxy groups -OCH3 is 1. The average Bonchev–Trinajstić information content (AvgIpc) is 2.47. The van der Waals surface area contributed by atoms with Crippen LogP contribution in [0.1, 0.15) is 24.8 Å². The predicted octanol–water partition coefficient (Wildman–Crippen LogP) is 3.77. The van der Waals surface area contributed by atoms with E-state index in [-0.39, 0.29) is 11.8 Å². The average molecular weight is 338 g/mol. The SMILES string of the molecule is COc1ccc(Br)cc1CN(C)C(=O)[C@H]1CC=CCC1. The molecule has 0 unspecified atom stereocenters. The summed E-state index contributed by atoms with van der Waals surface area (Å²) < 4.78 is 6.35. The van der Waals surface area contributed by atoms with Crippen LogP contribution in [0.15, 0.2) is 34.8 Å². The van der Waals surface area contributed by atoms with Gasteiger partial charge in [-0.3, -0.25) is 4.79 Å². The molecular formula is C16H20BrNO2. The number of nitrogens with zero attached hydrogens (tertiary/aromatic N) is 1. The molecule has 0 bridgehead atoms. The van der Waals surface area contributed by atoms with Crippen molar-refractivity contribution in [1.82, 2.24) is 4.90 Å². The van der Waals surface area contributed by atoms with Gasteiger partial charge in [0.1, 0.15) is 5.75 Å². The molecular weight excluding hydrogens is 318 g/mol. The molecule has 0 spiro atoms. The minimum Gasteiger partial charge on any atom is -0.496 e. The first-order valence-electron chi connectivity index (χ1n) is 6.84. The summed E-state index contributed by atoms with van der Waals surface area (Å²) in [5.41, 5.74) is 1.02. The summed E-state index contributed by atoms with van der Waals surface area (Å²) in [5.74, 6) is 1.16. The Morgan fingerprint density at radius 3 is 2.90 bits per heavy atom. The lowest BCUT2D eigenvalue weighted by Gasteiger charge is -2.25. The van der Waals surface area contributed by atoms with E-state index in [4.69, 9.17) is 4.74 Å². The van der Waals surface area contributed by atoms with E-state index in [1.54, 1.807) is 12.0 Å². The number of hydrogen-bond acceptors (Lipinski definition) is 2. The molecule has 0 radical (unpaired) electrons. The molecule has 20 heavy (non-hydrogen) atoms. The maximum atomic E-state index is 12.4. The van der Waals surface area contributed by atoms with Crippen LogP contribution in [0.4, 0.5) is 0 Å². The van der Waals surface area contributed by atoms with Crippen molar-refractivity contribution in [2.45, 2.75) is 25.8 Å². The largest absolute Gasteiger partial charge is 0.496 e. The van der Waals surface area contributed by atoms with Gasteiger partial charge in [0, 0.05) is 29.5 Å². The third kappa shape index (κ3) is 3.63. The zero-order chi connectivity index (χ0) is 14.5. The first-order chi connectivity index (χ1) is 9.61. The number of benzene rings is 1. The standard InChI is InChI=1S/C16H20BrNO2/c1-18(16(19)12-6-4-3-5-7-12)11-13-10-14(17)8-9-15(13)20-2/h3-4,8-10,12H,5-7,11H2,1-2H3/t12-/m0/s1. The van der Waals surface area contributed by atoms with Gasteiger partial charge in [0.25, 0.3) is 0 Å². The van der Waals surface area contributed by atoms with Crippen LogP contribution < -0.4 is 4.74 Å². The Kier molecular flexibility index (Phi) is 5.24. The van der Waals surface area contributed by atoms with Gasteiger partial charge < -0.3 is 9.64 Å². The first kappa shape index (κ1) is 15.1. The Bertz CT molecular complexity index is 513. The molecule has 3 nitrogen and oxygen atoms in total. The normalized spacial score (nSPS) is 17.9. The highest BCUT2D eigenvalue weighted by Crippen LogP contribution is 2.26. The van der Waals surface area contributed by atoms with E-state index in [1.165, 1.54) is 0 Å². The van der Waals surface area contributed by atoms with Crippen molar-refractivity contribution in [2.75, 3.05) is 14.2 Å². The van der Waals surface area contributed by atoms with Gasteiger partial charge in [-0.1, -0.05) is 28.1 Å². The molecule has 0 aliphatic heterocycles. The van der Waals surface area contributed by atoms with Crippen LogP contribution >= 0.6 is 15.9 Å². The molecule has 1 aromatic carbocycles. The van der Waals surface area contributed by atoms with E-state index in [1.807, 2.05) is 25.2 Å². The van der Waals surface area contributed by atoms with E-state index in [9.17, 15) is 4.79 Å². The van der Waals surface area contributed by atoms with Gasteiger partial charge >= 0.3 is 0 Å². The maximum Gasteiger partial charge on any atom is 0.226 e. The second kappa shape index (κ2) is 6.93. The molecule has 2 rings (SSSR count). The Hall–Kier alpha value is -1.29. The van der Waals surface area contributed by atoms with Gasteiger partial charge in [-0.25, -0.2) is 0 Å². The van der Waals surface area contributed by atoms with E-state index < -0.39 is 0 Å². The molecule has 1 atom stereocenters. The number of ether oxygens (including phenoxy) is 1. The van der Waals surface area contributed by atoms with Crippen LogP contribution in [0.25, 0.3) is 0 Å². The summed E-state index contributed by atoms with van der Waals surface area (Å²) in [7, 11) is 3.52. The molecule has 1 amide bonds. The molecule has 4 heteroatoms. The van der Waals surface area contributed by atoms with E-state index in [2.05, 4.69) is 28.1 Å². The van der Waals surface area contributed by atoms with Crippen LogP contribution in [0.5, 0.6) is 5.75 Å². The highest BCUT2D eigenvalue weighted by Gasteiger charge is 2.22. The first-order valence-corrected chi connectivity index (χ1v) is 7.63. The number of amides is 1.